The molecule has 0 aromatic heterocycles. The largest absolute Gasteiger partial charge is 0.330 e. The van der Waals surface area contributed by atoms with Gasteiger partial charge in [-0.1, -0.05) is 13.3 Å². The highest BCUT2D eigenvalue weighted by Gasteiger charge is 2.40. The van der Waals surface area contributed by atoms with Gasteiger partial charge in [0.15, 0.2) is 0 Å². The van der Waals surface area contributed by atoms with Crippen molar-refractivity contribution in [1.82, 2.24) is 0 Å². The van der Waals surface area contributed by atoms with Crippen molar-refractivity contribution in [1.29, 1.82) is 0 Å². The van der Waals surface area contributed by atoms with Gasteiger partial charge in [0.05, 0.1) is 6.16 Å². The summed E-state index contributed by atoms with van der Waals surface area (Å²) in [5.41, 5.74) is 5.30. The van der Waals surface area contributed by atoms with Crippen LogP contribution >= 0.6 is 7.60 Å². The highest BCUT2D eigenvalue weighted by molar-refractivity contribution is 7.51. The fourth-order valence-electron chi connectivity index (χ4n) is 2.33. The summed E-state index contributed by atoms with van der Waals surface area (Å²) < 4.78 is 10.9. The molecular weight excluding hydrogens is 189 g/mol. The Hall–Kier alpha value is 0.110. The maximum absolute atomic E-state index is 10.9. The average molecular weight is 207 g/mol. The number of hydrogen-bond acceptors (Lipinski definition) is 2. The van der Waals surface area contributed by atoms with Gasteiger partial charge in [-0.2, -0.15) is 0 Å². The fourth-order valence-corrected chi connectivity index (χ4v) is 3.62. The van der Waals surface area contributed by atoms with E-state index in [2.05, 4.69) is 6.92 Å². The molecule has 2 atom stereocenters. The standard InChI is InChI=1S/C8H18NO3P/c1-7-2-3-8(4-7,5-9)6-13(10,11)12/h7H,2-6,9H2,1H3,(H2,10,11,12). The third-order valence-electron chi connectivity index (χ3n) is 2.92. The second-order valence-electron chi connectivity index (χ2n) is 4.37. The van der Waals surface area contributed by atoms with Gasteiger partial charge < -0.3 is 15.5 Å². The third-order valence-corrected chi connectivity index (χ3v) is 4.01. The molecule has 0 amide bonds. The number of nitrogens with two attached hydrogens (primary N) is 1. The van der Waals surface area contributed by atoms with Crippen LogP contribution in [0.2, 0.25) is 0 Å². The molecule has 1 rings (SSSR count). The maximum atomic E-state index is 10.9. The lowest BCUT2D eigenvalue weighted by Crippen LogP contribution is -2.31. The second kappa shape index (κ2) is 3.70. The van der Waals surface area contributed by atoms with E-state index in [1.807, 2.05) is 0 Å². The van der Waals surface area contributed by atoms with E-state index < -0.39 is 7.60 Å². The first-order valence-corrected chi connectivity index (χ1v) is 6.41. The smallest absolute Gasteiger partial charge is 0.326 e. The summed E-state index contributed by atoms with van der Waals surface area (Å²) in [6.45, 7) is 2.50. The Labute approximate surface area is 78.7 Å². The highest BCUT2D eigenvalue weighted by atomic mass is 31.2. The Balaban J connectivity index is 2.67. The van der Waals surface area contributed by atoms with Gasteiger partial charge in [-0.05, 0) is 30.7 Å². The van der Waals surface area contributed by atoms with E-state index in [9.17, 15) is 4.57 Å². The number of hydrogen-bond donors (Lipinski definition) is 3. The highest BCUT2D eigenvalue weighted by Crippen LogP contribution is 2.50. The summed E-state index contributed by atoms with van der Waals surface area (Å²) in [7, 11) is -3.90. The maximum Gasteiger partial charge on any atom is 0.326 e. The molecule has 4 N–H and O–H groups in total. The minimum absolute atomic E-state index is 0.0408. The molecule has 4 nitrogen and oxygen atoms in total. The Morgan fingerprint density at radius 1 is 1.62 bits per heavy atom. The van der Waals surface area contributed by atoms with Crippen LogP contribution < -0.4 is 5.73 Å². The van der Waals surface area contributed by atoms with E-state index in [0.717, 1.165) is 19.3 Å². The first-order chi connectivity index (χ1) is 5.87. The lowest BCUT2D eigenvalue weighted by atomic mass is 9.88. The van der Waals surface area contributed by atoms with E-state index in [1.54, 1.807) is 0 Å². The van der Waals surface area contributed by atoms with E-state index >= 15 is 0 Å². The average Bonchev–Trinajstić information content (AvgIpc) is 2.29. The van der Waals surface area contributed by atoms with Crippen molar-refractivity contribution < 1.29 is 14.4 Å². The van der Waals surface area contributed by atoms with E-state index in [4.69, 9.17) is 15.5 Å². The molecular formula is C8H18NO3P. The molecule has 0 aromatic carbocycles. The zero-order chi connectivity index (χ0) is 10.1. The Morgan fingerprint density at radius 3 is 2.54 bits per heavy atom. The van der Waals surface area contributed by atoms with Crippen LogP contribution in [-0.2, 0) is 4.57 Å². The quantitative estimate of drug-likeness (QED) is 0.601. The molecule has 1 saturated carbocycles. The second-order valence-corrected chi connectivity index (χ2v) is 6.02. The molecule has 1 aliphatic rings. The van der Waals surface area contributed by atoms with Crippen LogP contribution in [0, 0.1) is 11.3 Å². The van der Waals surface area contributed by atoms with Crippen molar-refractivity contribution in [3.8, 4) is 0 Å². The normalized spacial score (nSPS) is 35.2. The molecule has 2 unspecified atom stereocenters. The zero-order valence-electron chi connectivity index (χ0n) is 7.94. The first kappa shape index (κ1) is 11.2. The summed E-state index contributed by atoms with van der Waals surface area (Å²) in [5.74, 6) is 0.551. The van der Waals surface area contributed by atoms with Gasteiger partial charge in [-0.25, -0.2) is 0 Å². The van der Waals surface area contributed by atoms with Crippen molar-refractivity contribution >= 4 is 7.60 Å². The van der Waals surface area contributed by atoms with Crippen LogP contribution in [0.1, 0.15) is 26.2 Å². The van der Waals surface area contributed by atoms with Crippen molar-refractivity contribution in [2.24, 2.45) is 17.1 Å². The van der Waals surface area contributed by atoms with Gasteiger partial charge in [0.1, 0.15) is 0 Å². The van der Waals surface area contributed by atoms with Crippen LogP contribution in [0.4, 0.5) is 0 Å². The molecule has 0 radical (unpaired) electrons. The monoisotopic (exact) mass is 207 g/mol. The molecule has 78 valence electrons. The SMILES string of the molecule is CC1CCC(CN)(CP(=O)(O)O)C1. The van der Waals surface area contributed by atoms with Crippen LogP contribution in [0.3, 0.4) is 0 Å². The summed E-state index contributed by atoms with van der Waals surface area (Å²) >= 11 is 0. The molecule has 0 heterocycles. The van der Waals surface area contributed by atoms with Crippen LogP contribution in [0.15, 0.2) is 0 Å². The van der Waals surface area contributed by atoms with E-state index in [-0.39, 0.29) is 11.6 Å². The van der Waals surface area contributed by atoms with Crippen molar-refractivity contribution in [2.45, 2.75) is 26.2 Å². The van der Waals surface area contributed by atoms with E-state index in [1.165, 1.54) is 0 Å². The van der Waals surface area contributed by atoms with Crippen LogP contribution in [-0.4, -0.2) is 22.5 Å². The Morgan fingerprint density at radius 2 is 2.23 bits per heavy atom. The molecule has 0 aromatic rings. The minimum Gasteiger partial charge on any atom is -0.330 e. The molecule has 1 aliphatic carbocycles. The molecule has 0 bridgehead atoms. The molecule has 0 spiro atoms. The summed E-state index contributed by atoms with van der Waals surface area (Å²) in [5, 5.41) is 0. The summed E-state index contributed by atoms with van der Waals surface area (Å²) in [6, 6.07) is 0. The zero-order valence-corrected chi connectivity index (χ0v) is 8.83. The van der Waals surface area contributed by atoms with Gasteiger partial charge in [0.25, 0.3) is 0 Å². The van der Waals surface area contributed by atoms with Gasteiger partial charge in [0, 0.05) is 0 Å². The molecule has 0 saturated heterocycles. The van der Waals surface area contributed by atoms with Gasteiger partial charge in [-0.3, -0.25) is 4.57 Å². The minimum atomic E-state index is -3.90. The van der Waals surface area contributed by atoms with Crippen LogP contribution in [0.25, 0.3) is 0 Å². The van der Waals surface area contributed by atoms with Gasteiger partial charge >= 0.3 is 7.60 Å². The first-order valence-electron chi connectivity index (χ1n) is 4.62. The molecule has 1 fully saturated rings. The lowest BCUT2D eigenvalue weighted by molar-refractivity contribution is 0.296. The van der Waals surface area contributed by atoms with Gasteiger partial charge in [0.2, 0.25) is 0 Å². The van der Waals surface area contributed by atoms with Crippen molar-refractivity contribution in [2.75, 3.05) is 12.7 Å². The molecule has 5 heteroatoms. The predicted molar refractivity (Wildman–Crippen MR) is 51.4 cm³/mol. The Bertz CT molecular complexity index is 227. The number of rotatable bonds is 3. The van der Waals surface area contributed by atoms with Crippen molar-refractivity contribution in [3.63, 3.8) is 0 Å². The fraction of sp³-hybridized carbons (Fsp3) is 1.00. The van der Waals surface area contributed by atoms with Crippen LogP contribution in [0.5, 0.6) is 0 Å². The topological polar surface area (TPSA) is 83.6 Å². The third kappa shape index (κ3) is 3.06. The summed E-state index contributed by atoms with van der Waals surface area (Å²) in [6.07, 6.45) is 2.71. The molecule has 13 heavy (non-hydrogen) atoms. The Kier molecular flexibility index (Phi) is 3.18. The molecule has 0 aliphatic heterocycles. The van der Waals surface area contributed by atoms with Gasteiger partial charge in [-0.15, -0.1) is 0 Å². The predicted octanol–water partition coefficient (Wildman–Crippen LogP) is 0.929. The summed E-state index contributed by atoms with van der Waals surface area (Å²) in [4.78, 5) is 17.8. The lowest BCUT2D eigenvalue weighted by Gasteiger charge is -2.27. The van der Waals surface area contributed by atoms with Crippen molar-refractivity contribution in [3.05, 3.63) is 0 Å². The van der Waals surface area contributed by atoms with E-state index in [0.29, 0.717) is 12.5 Å².